The number of hydrogen-bond acceptors (Lipinski definition) is 3. The fourth-order valence-electron chi connectivity index (χ4n) is 2.07. The molecule has 2 N–H and O–H groups in total. The van der Waals surface area contributed by atoms with E-state index in [1.54, 1.807) is 31.2 Å². The number of nitrogens with zero attached hydrogens (tertiary/aromatic N) is 1. The predicted molar refractivity (Wildman–Crippen MR) is 95.9 cm³/mol. The summed E-state index contributed by atoms with van der Waals surface area (Å²) in [6, 6.07) is 12.6. The van der Waals surface area contributed by atoms with Crippen molar-refractivity contribution in [3.8, 4) is 0 Å². The average Bonchev–Trinajstić information content (AvgIpc) is 2.59. The van der Waals surface area contributed by atoms with Crippen LogP contribution in [0.4, 0.5) is 10.1 Å². The molecular formula is C18H19ClFN3O. The number of halogens is 2. The van der Waals surface area contributed by atoms with E-state index in [0.29, 0.717) is 17.2 Å². The van der Waals surface area contributed by atoms with E-state index in [2.05, 4.69) is 15.8 Å². The number of hydrazone groups is 1. The molecule has 2 rings (SSSR count). The molecule has 6 heteroatoms. The van der Waals surface area contributed by atoms with Gasteiger partial charge in [0.25, 0.3) is 5.91 Å². The summed E-state index contributed by atoms with van der Waals surface area (Å²) in [6.07, 6.45) is 0.597. The first-order valence-corrected chi connectivity index (χ1v) is 7.99. The molecule has 0 aliphatic heterocycles. The van der Waals surface area contributed by atoms with Crippen molar-refractivity contribution in [2.24, 2.45) is 5.10 Å². The second-order valence-electron chi connectivity index (χ2n) is 5.29. The molecule has 0 radical (unpaired) electrons. The zero-order chi connectivity index (χ0) is 17.5. The first-order chi connectivity index (χ1) is 11.5. The average molecular weight is 348 g/mol. The predicted octanol–water partition coefficient (Wildman–Crippen LogP) is 4.21. The topological polar surface area (TPSA) is 53.5 Å². The van der Waals surface area contributed by atoms with Crippen LogP contribution in [-0.2, 0) is 4.79 Å². The molecule has 0 saturated carbocycles. The van der Waals surface area contributed by atoms with E-state index < -0.39 is 6.04 Å². The monoisotopic (exact) mass is 347 g/mol. The van der Waals surface area contributed by atoms with Crippen molar-refractivity contribution in [3.63, 3.8) is 0 Å². The maximum atomic E-state index is 12.9. The fourth-order valence-corrected chi connectivity index (χ4v) is 2.20. The van der Waals surface area contributed by atoms with Crippen LogP contribution >= 0.6 is 11.6 Å². The first kappa shape index (κ1) is 17.9. The number of carbonyl (C=O) groups is 1. The van der Waals surface area contributed by atoms with Gasteiger partial charge in [0, 0.05) is 10.7 Å². The standard InChI is InChI=1S/C18H19ClFN3O/c1-3-17(21-16-10-6-14(19)7-11-16)18(24)23-22-12(2)13-4-8-15(20)9-5-13/h4-11,17,21H,3H2,1-2H3,(H,23,24)/b22-12+/t17-/m1/s1. The lowest BCUT2D eigenvalue weighted by atomic mass is 10.1. The Morgan fingerprint density at radius 1 is 1.17 bits per heavy atom. The van der Waals surface area contributed by atoms with Gasteiger partial charge in [0.15, 0.2) is 0 Å². The molecule has 0 fully saturated rings. The lowest BCUT2D eigenvalue weighted by molar-refractivity contribution is -0.121. The number of benzene rings is 2. The number of amides is 1. The van der Waals surface area contributed by atoms with Crippen molar-refractivity contribution in [2.45, 2.75) is 26.3 Å². The summed E-state index contributed by atoms with van der Waals surface area (Å²) in [5.74, 6) is -0.553. The van der Waals surface area contributed by atoms with E-state index in [4.69, 9.17) is 11.6 Å². The molecule has 2 aromatic carbocycles. The highest BCUT2D eigenvalue weighted by Crippen LogP contribution is 2.15. The highest BCUT2D eigenvalue weighted by molar-refractivity contribution is 6.30. The van der Waals surface area contributed by atoms with E-state index >= 15 is 0 Å². The Morgan fingerprint density at radius 3 is 2.38 bits per heavy atom. The summed E-state index contributed by atoms with van der Waals surface area (Å²) >= 11 is 5.85. The third kappa shape index (κ3) is 5.06. The Hall–Kier alpha value is -2.40. The smallest absolute Gasteiger partial charge is 0.262 e. The largest absolute Gasteiger partial charge is 0.374 e. The maximum absolute atomic E-state index is 12.9. The van der Waals surface area contributed by atoms with Crippen molar-refractivity contribution in [3.05, 3.63) is 64.9 Å². The molecule has 2 aromatic rings. The van der Waals surface area contributed by atoms with E-state index in [0.717, 1.165) is 11.3 Å². The molecule has 126 valence electrons. The van der Waals surface area contributed by atoms with E-state index in [1.165, 1.54) is 12.1 Å². The normalized spacial score (nSPS) is 12.6. The summed E-state index contributed by atoms with van der Waals surface area (Å²) in [5.41, 5.74) is 4.70. The summed E-state index contributed by atoms with van der Waals surface area (Å²) in [6.45, 7) is 3.66. The van der Waals surface area contributed by atoms with Crippen LogP contribution in [0, 0.1) is 5.82 Å². The third-order valence-corrected chi connectivity index (χ3v) is 3.76. The number of hydrogen-bond donors (Lipinski definition) is 2. The Balaban J connectivity index is 1.99. The van der Waals surface area contributed by atoms with Gasteiger partial charge in [-0.25, -0.2) is 9.82 Å². The second kappa shape index (κ2) is 8.45. The number of rotatable bonds is 6. The molecule has 0 aliphatic carbocycles. The lowest BCUT2D eigenvalue weighted by Crippen LogP contribution is -2.37. The molecule has 0 bridgehead atoms. The minimum absolute atomic E-state index is 0.242. The molecule has 0 spiro atoms. The summed E-state index contributed by atoms with van der Waals surface area (Å²) in [7, 11) is 0. The number of nitrogens with one attached hydrogen (secondary N) is 2. The minimum atomic E-state index is -0.420. The SMILES string of the molecule is CC[C@@H](Nc1ccc(Cl)cc1)C(=O)N/N=C(\C)c1ccc(F)cc1. The van der Waals surface area contributed by atoms with Gasteiger partial charge in [-0.2, -0.15) is 5.10 Å². The van der Waals surface area contributed by atoms with Gasteiger partial charge in [-0.05, 0) is 55.3 Å². The molecule has 1 amide bonds. The molecule has 1 atom stereocenters. The second-order valence-corrected chi connectivity index (χ2v) is 5.73. The van der Waals surface area contributed by atoms with Gasteiger partial charge < -0.3 is 5.32 Å². The molecule has 4 nitrogen and oxygen atoms in total. The zero-order valence-electron chi connectivity index (χ0n) is 13.5. The van der Waals surface area contributed by atoms with Crippen molar-refractivity contribution in [1.29, 1.82) is 0 Å². The van der Waals surface area contributed by atoms with Crippen LogP contribution in [0.15, 0.2) is 53.6 Å². The van der Waals surface area contributed by atoms with Gasteiger partial charge in [-0.15, -0.1) is 0 Å². The Labute approximate surface area is 145 Å². The molecule has 0 aromatic heterocycles. The van der Waals surface area contributed by atoms with Crippen LogP contribution in [0.1, 0.15) is 25.8 Å². The molecule has 0 saturated heterocycles. The van der Waals surface area contributed by atoms with Gasteiger partial charge in [-0.3, -0.25) is 4.79 Å². The van der Waals surface area contributed by atoms with Gasteiger partial charge in [0.05, 0.1) is 5.71 Å². The third-order valence-electron chi connectivity index (χ3n) is 3.51. The molecular weight excluding hydrogens is 329 g/mol. The highest BCUT2D eigenvalue weighted by Gasteiger charge is 2.15. The molecule has 0 heterocycles. The van der Waals surface area contributed by atoms with Gasteiger partial charge in [-0.1, -0.05) is 30.7 Å². The van der Waals surface area contributed by atoms with Crippen molar-refractivity contribution >= 4 is 28.9 Å². The fraction of sp³-hybridized carbons (Fsp3) is 0.222. The van der Waals surface area contributed by atoms with Crippen molar-refractivity contribution in [1.82, 2.24) is 5.43 Å². The maximum Gasteiger partial charge on any atom is 0.262 e. The van der Waals surface area contributed by atoms with Gasteiger partial charge >= 0.3 is 0 Å². The van der Waals surface area contributed by atoms with Crippen LogP contribution in [0.3, 0.4) is 0 Å². The zero-order valence-corrected chi connectivity index (χ0v) is 14.3. The number of carbonyl (C=O) groups excluding carboxylic acids is 1. The Bertz CT molecular complexity index is 714. The Kier molecular flexibility index (Phi) is 6.32. The van der Waals surface area contributed by atoms with Crippen molar-refractivity contribution < 1.29 is 9.18 Å². The first-order valence-electron chi connectivity index (χ1n) is 7.61. The number of anilines is 1. The lowest BCUT2D eigenvalue weighted by Gasteiger charge is -2.16. The van der Waals surface area contributed by atoms with Crippen LogP contribution in [-0.4, -0.2) is 17.7 Å². The van der Waals surface area contributed by atoms with Crippen LogP contribution in [0.2, 0.25) is 5.02 Å². The van der Waals surface area contributed by atoms with Crippen LogP contribution in [0.5, 0.6) is 0 Å². The molecule has 24 heavy (non-hydrogen) atoms. The van der Waals surface area contributed by atoms with E-state index in [9.17, 15) is 9.18 Å². The minimum Gasteiger partial charge on any atom is -0.374 e. The van der Waals surface area contributed by atoms with Crippen LogP contribution < -0.4 is 10.7 Å². The highest BCUT2D eigenvalue weighted by atomic mass is 35.5. The summed E-state index contributed by atoms with van der Waals surface area (Å²) in [5, 5.41) is 7.86. The van der Waals surface area contributed by atoms with Crippen molar-refractivity contribution in [2.75, 3.05) is 5.32 Å². The quantitative estimate of drug-likeness (QED) is 0.607. The van der Waals surface area contributed by atoms with E-state index in [1.807, 2.05) is 19.1 Å². The summed E-state index contributed by atoms with van der Waals surface area (Å²) in [4.78, 5) is 12.3. The summed E-state index contributed by atoms with van der Waals surface area (Å²) < 4.78 is 12.9. The Morgan fingerprint density at radius 2 is 1.79 bits per heavy atom. The molecule has 0 unspecified atom stereocenters. The van der Waals surface area contributed by atoms with Crippen LogP contribution in [0.25, 0.3) is 0 Å². The van der Waals surface area contributed by atoms with E-state index in [-0.39, 0.29) is 11.7 Å². The van der Waals surface area contributed by atoms with Gasteiger partial charge in [0.2, 0.25) is 0 Å². The van der Waals surface area contributed by atoms with Gasteiger partial charge in [0.1, 0.15) is 11.9 Å². The molecule has 0 aliphatic rings.